The van der Waals surface area contributed by atoms with Gasteiger partial charge in [0.25, 0.3) is 0 Å². The number of aromatic nitrogens is 2. The first-order valence-electron chi connectivity index (χ1n) is 7.77. The Kier molecular flexibility index (Phi) is 5.39. The Labute approximate surface area is 142 Å². The third-order valence-electron chi connectivity index (χ3n) is 3.75. The summed E-state index contributed by atoms with van der Waals surface area (Å²) in [5, 5.41) is 2.93. The van der Waals surface area contributed by atoms with E-state index in [4.69, 9.17) is 4.74 Å². The Hall–Kier alpha value is -2.63. The molecule has 1 aromatic heterocycles. The fourth-order valence-electron chi connectivity index (χ4n) is 2.50. The van der Waals surface area contributed by atoms with E-state index in [0.29, 0.717) is 18.1 Å². The molecule has 0 spiro atoms. The molecular formula is C18H24N4O2. The zero-order valence-corrected chi connectivity index (χ0v) is 15.1. The van der Waals surface area contributed by atoms with Crippen LogP contribution in [0.25, 0.3) is 0 Å². The molecular weight excluding hydrogens is 304 g/mol. The number of nitrogens with one attached hydrogen (secondary N) is 1. The molecule has 1 aromatic carbocycles. The third kappa shape index (κ3) is 4.01. The Balaban J connectivity index is 2.14. The van der Waals surface area contributed by atoms with Crippen molar-refractivity contribution in [3.63, 3.8) is 0 Å². The molecule has 1 N–H and O–H groups in total. The molecule has 0 bridgehead atoms. The van der Waals surface area contributed by atoms with Gasteiger partial charge in [-0.25, -0.2) is 9.97 Å². The van der Waals surface area contributed by atoms with E-state index in [2.05, 4.69) is 15.3 Å². The van der Waals surface area contributed by atoms with Crippen LogP contribution in [0.3, 0.4) is 0 Å². The summed E-state index contributed by atoms with van der Waals surface area (Å²) in [5.74, 6) is 1.36. The van der Waals surface area contributed by atoms with Gasteiger partial charge in [0.15, 0.2) is 0 Å². The maximum atomic E-state index is 12.4. The quantitative estimate of drug-likeness (QED) is 0.914. The molecule has 1 heterocycles. The molecule has 0 saturated heterocycles. The largest absolute Gasteiger partial charge is 0.496 e. The first-order chi connectivity index (χ1) is 11.3. The first-order valence-corrected chi connectivity index (χ1v) is 7.77. The summed E-state index contributed by atoms with van der Waals surface area (Å²) in [5.41, 5.74) is 4.13. The van der Waals surface area contributed by atoms with Gasteiger partial charge in [0.1, 0.15) is 5.75 Å². The predicted molar refractivity (Wildman–Crippen MR) is 95.9 cm³/mol. The van der Waals surface area contributed by atoms with Crippen molar-refractivity contribution >= 4 is 17.5 Å². The average molecular weight is 328 g/mol. The lowest BCUT2D eigenvalue weighted by Crippen LogP contribution is -2.19. The van der Waals surface area contributed by atoms with Gasteiger partial charge in [-0.15, -0.1) is 0 Å². The van der Waals surface area contributed by atoms with Crippen molar-refractivity contribution in [3.05, 3.63) is 40.7 Å². The van der Waals surface area contributed by atoms with E-state index in [-0.39, 0.29) is 5.91 Å². The highest BCUT2D eigenvalue weighted by Gasteiger charge is 2.13. The highest BCUT2D eigenvalue weighted by Crippen LogP contribution is 2.21. The molecule has 6 nitrogen and oxygen atoms in total. The van der Waals surface area contributed by atoms with E-state index in [1.807, 2.05) is 58.0 Å². The number of carbonyl (C=O) groups excluding carboxylic acids is 1. The number of carbonyl (C=O) groups is 1. The summed E-state index contributed by atoms with van der Waals surface area (Å²) in [4.78, 5) is 23.0. The molecule has 0 unspecified atom stereocenters. The van der Waals surface area contributed by atoms with Gasteiger partial charge in [0.2, 0.25) is 11.9 Å². The molecule has 0 saturated carbocycles. The Morgan fingerprint density at radius 3 is 2.29 bits per heavy atom. The smallest absolute Gasteiger partial charge is 0.228 e. The minimum Gasteiger partial charge on any atom is -0.496 e. The number of amides is 1. The number of hydrogen-bond donors (Lipinski definition) is 1. The topological polar surface area (TPSA) is 67.3 Å². The van der Waals surface area contributed by atoms with E-state index in [0.717, 1.165) is 28.3 Å². The van der Waals surface area contributed by atoms with Crippen LogP contribution in [0.5, 0.6) is 5.75 Å². The molecule has 0 aliphatic heterocycles. The van der Waals surface area contributed by atoms with E-state index < -0.39 is 0 Å². The zero-order chi connectivity index (χ0) is 17.9. The summed E-state index contributed by atoms with van der Waals surface area (Å²) in [6.07, 6.45) is 0.291. The Morgan fingerprint density at radius 2 is 1.79 bits per heavy atom. The number of aryl methyl sites for hydroxylation is 3. The molecule has 1 amide bonds. The van der Waals surface area contributed by atoms with Gasteiger partial charge in [0.05, 0.1) is 30.6 Å². The van der Waals surface area contributed by atoms with Crippen molar-refractivity contribution in [1.29, 1.82) is 0 Å². The van der Waals surface area contributed by atoms with Crippen LogP contribution in [0.15, 0.2) is 18.2 Å². The van der Waals surface area contributed by atoms with Crippen molar-refractivity contribution in [3.8, 4) is 5.75 Å². The highest BCUT2D eigenvalue weighted by molar-refractivity contribution is 5.93. The van der Waals surface area contributed by atoms with E-state index in [1.165, 1.54) is 0 Å². The summed E-state index contributed by atoms with van der Waals surface area (Å²) in [6.45, 7) is 5.70. The standard InChI is InChI=1S/C18H24N4O2/c1-11-9-14(7-8-15(11)24-6)10-16(23)21-17-12(2)19-18(22(4)5)20-13(17)3/h7-9H,10H2,1-6H3,(H,21,23). The van der Waals surface area contributed by atoms with Crippen LogP contribution in [-0.4, -0.2) is 37.1 Å². The van der Waals surface area contributed by atoms with E-state index in [9.17, 15) is 4.79 Å². The monoisotopic (exact) mass is 328 g/mol. The second-order valence-corrected chi connectivity index (χ2v) is 5.99. The highest BCUT2D eigenvalue weighted by atomic mass is 16.5. The van der Waals surface area contributed by atoms with Crippen LogP contribution < -0.4 is 15.0 Å². The van der Waals surface area contributed by atoms with Crippen molar-refractivity contribution in [2.75, 3.05) is 31.4 Å². The maximum absolute atomic E-state index is 12.4. The molecule has 128 valence electrons. The second-order valence-electron chi connectivity index (χ2n) is 5.99. The number of benzene rings is 1. The fourth-order valence-corrected chi connectivity index (χ4v) is 2.50. The number of anilines is 2. The van der Waals surface area contributed by atoms with Gasteiger partial charge in [-0.05, 0) is 38.0 Å². The van der Waals surface area contributed by atoms with Crippen LogP contribution in [0.4, 0.5) is 11.6 Å². The average Bonchev–Trinajstić information content (AvgIpc) is 2.50. The molecule has 0 atom stereocenters. The van der Waals surface area contributed by atoms with Crippen LogP contribution in [0.2, 0.25) is 0 Å². The molecule has 0 radical (unpaired) electrons. The molecule has 6 heteroatoms. The number of nitrogens with zero attached hydrogens (tertiary/aromatic N) is 3. The summed E-state index contributed by atoms with van der Waals surface area (Å²) in [7, 11) is 5.41. The second kappa shape index (κ2) is 7.29. The van der Waals surface area contributed by atoms with Gasteiger partial charge >= 0.3 is 0 Å². The van der Waals surface area contributed by atoms with Gasteiger partial charge in [-0.2, -0.15) is 0 Å². The first kappa shape index (κ1) is 17.7. The summed E-state index contributed by atoms with van der Waals surface area (Å²) >= 11 is 0. The van der Waals surface area contributed by atoms with Gasteiger partial charge < -0.3 is 15.0 Å². The normalized spacial score (nSPS) is 10.4. The molecule has 0 aliphatic carbocycles. The van der Waals surface area contributed by atoms with E-state index >= 15 is 0 Å². The van der Waals surface area contributed by atoms with Gasteiger partial charge in [-0.3, -0.25) is 4.79 Å². The molecule has 24 heavy (non-hydrogen) atoms. The molecule has 0 fully saturated rings. The molecule has 2 rings (SSSR count). The Morgan fingerprint density at radius 1 is 1.17 bits per heavy atom. The number of ether oxygens (including phenoxy) is 1. The minimum atomic E-state index is -0.0908. The minimum absolute atomic E-state index is 0.0908. The van der Waals surface area contributed by atoms with Crippen LogP contribution in [-0.2, 0) is 11.2 Å². The third-order valence-corrected chi connectivity index (χ3v) is 3.75. The SMILES string of the molecule is COc1ccc(CC(=O)Nc2c(C)nc(N(C)C)nc2C)cc1C. The van der Waals surface area contributed by atoms with Gasteiger partial charge in [0, 0.05) is 14.1 Å². The van der Waals surface area contributed by atoms with Crippen molar-refractivity contribution < 1.29 is 9.53 Å². The van der Waals surface area contributed by atoms with Crippen molar-refractivity contribution in [1.82, 2.24) is 9.97 Å². The maximum Gasteiger partial charge on any atom is 0.228 e. The fraction of sp³-hybridized carbons (Fsp3) is 0.389. The zero-order valence-electron chi connectivity index (χ0n) is 15.1. The number of rotatable bonds is 5. The van der Waals surface area contributed by atoms with Gasteiger partial charge in [-0.1, -0.05) is 12.1 Å². The van der Waals surface area contributed by atoms with Crippen LogP contribution >= 0.6 is 0 Å². The number of methoxy groups -OCH3 is 1. The van der Waals surface area contributed by atoms with Crippen molar-refractivity contribution in [2.45, 2.75) is 27.2 Å². The molecule has 0 aliphatic rings. The summed E-state index contributed by atoms with van der Waals surface area (Å²) in [6, 6.07) is 5.74. The van der Waals surface area contributed by atoms with Crippen LogP contribution in [0.1, 0.15) is 22.5 Å². The van der Waals surface area contributed by atoms with Crippen LogP contribution in [0, 0.1) is 20.8 Å². The lowest BCUT2D eigenvalue weighted by atomic mass is 10.1. The Bertz CT molecular complexity index is 734. The lowest BCUT2D eigenvalue weighted by molar-refractivity contribution is -0.115. The lowest BCUT2D eigenvalue weighted by Gasteiger charge is -2.16. The predicted octanol–water partition coefficient (Wildman–Crippen LogP) is 2.66. The summed E-state index contributed by atoms with van der Waals surface area (Å²) < 4.78 is 5.24. The number of hydrogen-bond acceptors (Lipinski definition) is 5. The van der Waals surface area contributed by atoms with Crippen molar-refractivity contribution in [2.24, 2.45) is 0 Å². The van der Waals surface area contributed by atoms with E-state index in [1.54, 1.807) is 7.11 Å². The molecule has 2 aromatic rings.